The lowest BCUT2D eigenvalue weighted by atomic mass is 9.94. The maximum atomic E-state index is 12.6. The number of likely N-dealkylation sites (tertiary alicyclic amines) is 2. The van der Waals surface area contributed by atoms with Crippen molar-refractivity contribution in [2.24, 2.45) is 5.92 Å². The van der Waals surface area contributed by atoms with E-state index in [4.69, 9.17) is 0 Å². The minimum Gasteiger partial charge on any atom is -0.343 e. The predicted molar refractivity (Wildman–Crippen MR) is 106 cm³/mol. The molecular weight excluding hydrogens is 410 g/mol. The second-order valence-corrected chi connectivity index (χ2v) is 8.15. The van der Waals surface area contributed by atoms with Gasteiger partial charge in [-0.2, -0.15) is 0 Å². The third-order valence-corrected chi connectivity index (χ3v) is 5.84. The zero-order chi connectivity index (χ0) is 19.2. The molecule has 0 bridgehead atoms. The van der Waals surface area contributed by atoms with E-state index in [0.717, 1.165) is 30.4 Å². The molecule has 2 fully saturated rings. The number of benzene rings is 1. The number of nitrogens with one attached hydrogen (secondary N) is 1. The first-order valence-electron chi connectivity index (χ1n) is 9.65. The second kappa shape index (κ2) is 9.35. The van der Waals surface area contributed by atoms with Gasteiger partial charge in [0.1, 0.15) is 0 Å². The fourth-order valence-electron chi connectivity index (χ4n) is 3.75. The maximum Gasteiger partial charge on any atom is 0.251 e. The van der Waals surface area contributed by atoms with E-state index in [2.05, 4.69) is 21.2 Å². The molecule has 3 amide bonds. The van der Waals surface area contributed by atoms with Crippen molar-refractivity contribution in [2.45, 2.75) is 32.1 Å². The normalized spacial score (nSPS) is 18.3. The van der Waals surface area contributed by atoms with Crippen molar-refractivity contribution >= 4 is 33.7 Å². The Morgan fingerprint density at radius 1 is 1.00 bits per heavy atom. The predicted octanol–water partition coefficient (Wildman–Crippen LogP) is 2.43. The Kier molecular flexibility index (Phi) is 6.88. The number of hydrogen-bond donors (Lipinski definition) is 1. The average Bonchev–Trinajstić information content (AvgIpc) is 2.72. The third kappa shape index (κ3) is 5.31. The van der Waals surface area contributed by atoms with Gasteiger partial charge < -0.3 is 15.1 Å². The van der Waals surface area contributed by atoms with E-state index >= 15 is 0 Å². The second-order valence-electron chi connectivity index (χ2n) is 7.23. The molecule has 0 aromatic heterocycles. The Morgan fingerprint density at radius 3 is 2.37 bits per heavy atom. The molecule has 27 heavy (non-hydrogen) atoms. The number of piperidine rings is 2. The van der Waals surface area contributed by atoms with Crippen LogP contribution in [0.5, 0.6) is 0 Å². The summed E-state index contributed by atoms with van der Waals surface area (Å²) in [5.74, 6) is -0.0739. The van der Waals surface area contributed by atoms with Gasteiger partial charge in [0.25, 0.3) is 5.91 Å². The van der Waals surface area contributed by atoms with Gasteiger partial charge in [0.2, 0.25) is 11.8 Å². The monoisotopic (exact) mass is 435 g/mol. The van der Waals surface area contributed by atoms with Crippen molar-refractivity contribution in [3.05, 3.63) is 34.3 Å². The summed E-state index contributed by atoms with van der Waals surface area (Å²) in [5.41, 5.74) is 0.517. The molecule has 2 heterocycles. The van der Waals surface area contributed by atoms with Crippen molar-refractivity contribution in [1.82, 2.24) is 15.1 Å². The molecular formula is C20H26BrN3O3. The van der Waals surface area contributed by atoms with Gasteiger partial charge in [-0.1, -0.05) is 22.0 Å². The Balaban J connectivity index is 1.43. The Morgan fingerprint density at radius 2 is 1.70 bits per heavy atom. The Hall–Kier alpha value is -1.89. The van der Waals surface area contributed by atoms with Crippen LogP contribution in [0.3, 0.4) is 0 Å². The van der Waals surface area contributed by atoms with Gasteiger partial charge in [-0.25, -0.2) is 0 Å². The highest BCUT2D eigenvalue weighted by atomic mass is 79.9. The quantitative estimate of drug-likeness (QED) is 0.789. The van der Waals surface area contributed by atoms with Crippen molar-refractivity contribution in [2.75, 3.05) is 32.7 Å². The molecule has 0 atom stereocenters. The molecule has 0 radical (unpaired) electrons. The van der Waals surface area contributed by atoms with Crippen LogP contribution in [0.1, 0.15) is 42.5 Å². The van der Waals surface area contributed by atoms with Crippen LogP contribution in [0.4, 0.5) is 0 Å². The number of hydrogen-bond acceptors (Lipinski definition) is 3. The number of amides is 3. The van der Waals surface area contributed by atoms with E-state index in [0.29, 0.717) is 31.5 Å². The summed E-state index contributed by atoms with van der Waals surface area (Å²) in [6.45, 7) is 2.89. The number of carbonyl (C=O) groups excluding carboxylic acids is 3. The minimum absolute atomic E-state index is 0.0178. The van der Waals surface area contributed by atoms with Crippen molar-refractivity contribution in [1.29, 1.82) is 0 Å². The third-order valence-electron chi connectivity index (χ3n) is 5.35. The molecule has 2 saturated heterocycles. The van der Waals surface area contributed by atoms with E-state index < -0.39 is 0 Å². The van der Waals surface area contributed by atoms with E-state index in [1.165, 1.54) is 6.42 Å². The highest BCUT2D eigenvalue weighted by molar-refractivity contribution is 9.10. The summed E-state index contributed by atoms with van der Waals surface area (Å²) in [5, 5.41) is 2.68. The molecule has 1 aromatic carbocycles. The highest BCUT2D eigenvalue weighted by Gasteiger charge is 2.30. The van der Waals surface area contributed by atoms with E-state index in [9.17, 15) is 14.4 Å². The van der Waals surface area contributed by atoms with Crippen molar-refractivity contribution in [3.63, 3.8) is 0 Å². The van der Waals surface area contributed by atoms with Crippen LogP contribution >= 0.6 is 15.9 Å². The van der Waals surface area contributed by atoms with Gasteiger partial charge in [-0.3, -0.25) is 14.4 Å². The van der Waals surface area contributed by atoms with Crippen LogP contribution in [0.2, 0.25) is 0 Å². The maximum absolute atomic E-state index is 12.6. The first kappa shape index (κ1) is 19.9. The van der Waals surface area contributed by atoms with Crippen LogP contribution < -0.4 is 5.32 Å². The summed E-state index contributed by atoms with van der Waals surface area (Å²) >= 11 is 3.33. The first-order chi connectivity index (χ1) is 13.0. The summed E-state index contributed by atoms with van der Waals surface area (Å²) in [6, 6.07) is 7.06. The molecule has 0 saturated carbocycles. The average molecular weight is 436 g/mol. The van der Waals surface area contributed by atoms with Crippen LogP contribution in [-0.4, -0.2) is 60.2 Å². The summed E-state index contributed by atoms with van der Waals surface area (Å²) in [4.78, 5) is 40.9. The largest absolute Gasteiger partial charge is 0.343 e. The lowest BCUT2D eigenvalue weighted by Crippen LogP contribution is -2.47. The van der Waals surface area contributed by atoms with E-state index in [1.807, 2.05) is 11.0 Å². The van der Waals surface area contributed by atoms with Crippen LogP contribution in [0.15, 0.2) is 28.7 Å². The molecule has 0 spiro atoms. The Labute approximate surface area is 168 Å². The fraction of sp³-hybridized carbons (Fsp3) is 0.550. The van der Waals surface area contributed by atoms with Gasteiger partial charge in [0, 0.05) is 42.1 Å². The number of halogens is 1. The SMILES string of the molecule is O=C(NCC(=O)N1CCC(C(=O)N2CCCCC2)CC1)c1cccc(Br)c1. The number of carbonyl (C=O) groups is 3. The molecule has 0 aliphatic carbocycles. The molecule has 6 nitrogen and oxygen atoms in total. The van der Waals surface area contributed by atoms with Crippen molar-refractivity contribution < 1.29 is 14.4 Å². The minimum atomic E-state index is -0.264. The van der Waals surface area contributed by atoms with Gasteiger partial charge in [0.15, 0.2) is 0 Å². The highest BCUT2D eigenvalue weighted by Crippen LogP contribution is 2.22. The molecule has 7 heteroatoms. The van der Waals surface area contributed by atoms with Crippen LogP contribution in [0.25, 0.3) is 0 Å². The number of rotatable bonds is 4. The summed E-state index contributed by atoms with van der Waals surface area (Å²) in [7, 11) is 0. The fourth-order valence-corrected chi connectivity index (χ4v) is 4.15. The molecule has 2 aliphatic rings. The standard InChI is InChI=1S/C20H26BrN3O3/c21-17-6-4-5-16(13-17)19(26)22-14-18(25)23-11-7-15(8-12-23)20(27)24-9-2-1-3-10-24/h4-6,13,15H,1-3,7-12,14H2,(H,22,26). The van der Waals surface area contributed by atoms with E-state index in [-0.39, 0.29) is 30.2 Å². The summed E-state index contributed by atoms with van der Waals surface area (Å²) in [6.07, 6.45) is 4.82. The molecule has 2 aliphatic heterocycles. The molecule has 3 rings (SSSR count). The number of nitrogens with zero attached hydrogens (tertiary/aromatic N) is 2. The lowest BCUT2D eigenvalue weighted by molar-refractivity contribution is -0.141. The molecule has 1 aromatic rings. The topological polar surface area (TPSA) is 69.7 Å². The molecule has 0 unspecified atom stereocenters. The van der Waals surface area contributed by atoms with Crippen LogP contribution in [0, 0.1) is 5.92 Å². The molecule has 146 valence electrons. The summed E-state index contributed by atoms with van der Waals surface area (Å²) < 4.78 is 0.821. The van der Waals surface area contributed by atoms with E-state index in [1.54, 1.807) is 23.1 Å². The first-order valence-corrected chi connectivity index (χ1v) is 10.4. The van der Waals surface area contributed by atoms with Crippen LogP contribution in [-0.2, 0) is 9.59 Å². The zero-order valence-corrected chi connectivity index (χ0v) is 17.0. The van der Waals surface area contributed by atoms with Gasteiger partial charge in [-0.15, -0.1) is 0 Å². The van der Waals surface area contributed by atoms with Crippen molar-refractivity contribution in [3.8, 4) is 0 Å². The molecule has 1 N–H and O–H groups in total. The zero-order valence-electron chi connectivity index (χ0n) is 15.5. The van der Waals surface area contributed by atoms with Gasteiger partial charge in [0.05, 0.1) is 6.54 Å². The van der Waals surface area contributed by atoms with Gasteiger partial charge >= 0.3 is 0 Å². The Bertz CT molecular complexity index is 695. The lowest BCUT2D eigenvalue weighted by Gasteiger charge is -2.35. The van der Waals surface area contributed by atoms with Gasteiger partial charge in [-0.05, 0) is 50.3 Å². The smallest absolute Gasteiger partial charge is 0.251 e.